The number of nitriles is 1. The van der Waals surface area contributed by atoms with Crippen molar-refractivity contribution in [1.29, 1.82) is 5.26 Å². The molecular weight excluding hydrogens is 381 g/mol. The van der Waals surface area contributed by atoms with Gasteiger partial charge in [-0.1, -0.05) is 24.3 Å². The highest BCUT2D eigenvalue weighted by atomic mass is 19.1. The van der Waals surface area contributed by atoms with E-state index in [9.17, 15) is 9.18 Å². The number of hydrogen-bond acceptors (Lipinski definition) is 4. The van der Waals surface area contributed by atoms with Gasteiger partial charge in [-0.2, -0.15) is 5.26 Å². The van der Waals surface area contributed by atoms with E-state index >= 15 is 0 Å². The summed E-state index contributed by atoms with van der Waals surface area (Å²) < 4.78 is 25.7. The van der Waals surface area contributed by atoms with Crippen LogP contribution >= 0.6 is 0 Å². The van der Waals surface area contributed by atoms with E-state index in [-0.39, 0.29) is 11.6 Å². The third kappa shape index (κ3) is 3.65. The fourth-order valence-corrected chi connectivity index (χ4v) is 3.72. The summed E-state index contributed by atoms with van der Waals surface area (Å²) in [6.07, 6.45) is -0.150. The number of carbonyl (C=O) groups is 1. The molecule has 1 heterocycles. The number of Topliss-reactive ketones (excluding diaryl/α,β-unsaturated/α-hetero) is 1. The quantitative estimate of drug-likeness (QED) is 0.583. The van der Waals surface area contributed by atoms with Gasteiger partial charge in [-0.3, -0.25) is 4.79 Å². The highest BCUT2D eigenvalue weighted by Crippen LogP contribution is 2.40. The number of hydrogen-bond donors (Lipinski definition) is 0. The molecule has 4 rings (SSSR count). The van der Waals surface area contributed by atoms with E-state index in [2.05, 4.69) is 6.07 Å². The molecular formula is C25H20FNO3. The maximum absolute atomic E-state index is 13.5. The molecule has 5 heteroatoms. The zero-order chi connectivity index (χ0) is 21.3. The minimum absolute atomic E-state index is 0.0659. The van der Waals surface area contributed by atoms with Gasteiger partial charge >= 0.3 is 0 Å². The second-order valence-electron chi connectivity index (χ2n) is 7.33. The highest BCUT2D eigenvalue weighted by molar-refractivity contribution is 6.00. The van der Waals surface area contributed by atoms with Crippen molar-refractivity contribution in [2.24, 2.45) is 0 Å². The number of fused-ring (bicyclic) bond motifs is 1. The summed E-state index contributed by atoms with van der Waals surface area (Å²) in [4.78, 5) is 12.3. The molecule has 0 bridgehead atoms. The van der Waals surface area contributed by atoms with Crippen LogP contribution in [0.4, 0.5) is 4.39 Å². The monoisotopic (exact) mass is 401 g/mol. The number of ketones is 1. The fourth-order valence-electron chi connectivity index (χ4n) is 3.72. The molecule has 3 aromatic rings. The summed E-state index contributed by atoms with van der Waals surface area (Å²) in [7, 11) is 0. The summed E-state index contributed by atoms with van der Waals surface area (Å²) in [5.41, 5.74) is 4.32. The van der Waals surface area contributed by atoms with Crippen LogP contribution in [0.3, 0.4) is 0 Å². The lowest BCUT2D eigenvalue weighted by Crippen LogP contribution is -2.18. The van der Waals surface area contributed by atoms with Crippen LogP contribution < -0.4 is 9.47 Å². The van der Waals surface area contributed by atoms with Crippen molar-refractivity contribution in [2.45, 2.75) is 26.4 Å². The molecule has 0 amide bonds. The van der Waals surface area contributed by atoms with Crippen molar-refractivity contribution >= 4 is 5.78 Å². The van der Waals surface area contributed by atoms with E-state index in [0.29, 0.717) is 35.7 Å². The predicted octanol–water partition coefficient (Wildman–Crippen LogP) is 5.45. The van der Waals surface area contributed by atoms with Crippen molar-refractivity contribution in [1.82, 2.24) is 0 Å². The minimum Gasteiger partial charge on any atom is -0.492 e. The van der Waals surface area contributed by atoms with Crippen LogP contribution in [0.5, 0.6) is 11.5 Å². The number of benzene rings is 3. The number of carbonyl (C=O) groups excluding carboxylic acids is 1. The van der Waals surface area contributed by atoms with Crippen molar-refractivity contribution in [3.63, 3.8) is 0 Å². The van der Waals surface area contributed by atoms with E-state index in [0.717, 1.165) is 22.3 Å². The van der Waals surface area contributed by atoms with E-state index in [4.69, 9.17) is 14.7 Å². The molecule has 0 fully saturated rings. The molecule has 1 aliphatic heterocycles. The number of nitrogens with zero attached hydrogens (tertiary/aromatic N) is 1. The van der Waals surface area contributed by atoms with Gasteiger partial charge in [0.2, 0.25) is 0 Å². The average Bonchev–Trinajstić information content (AvgIpc) is 2.76. The first-order chi connectivity index (χ1) is 14.5. The van der Waals surface area contributed by atoms with Gasteiger partial charge in [-0.05, 0) is 60.9 Å². The van der Waals surface area contributed by atoms with Gasteiger partial charge in [0.25, 0.3) is 0 Å². The average molecular weight is 401 g/mol. The van der Waals surface area contributed by atoms with Gasteiger partial charge in [-0.15, -0.1) is 0 Å². The van der Waals surface area contributed by atoms with Crippen LogP contribution in [0.2, 0.25) is 0 Å². The molecule has 0 saturated carbocycles. The molecule has 0 saturated heterocycles. The molecule has 3 aromatic carbocycles. The lowest BCUT2D eigenvalue weighted by Gasteiger charge is -2.26. The standard InChI is InChI=1S/C25H20FNO3/c1-15-13-21-22(28)11-12-29-24(21)16(2)23(15)30-25(19-7-9-20(26)10-8-19)18-5-3-17(14-27)4-6-18/h3-10,13,25H,11-12H2,1-2H3/t25-/m1/s1. The zero-order valence-electron chi connectivity index (χ0n) is 16.7. The first-order valence-corrected chi connectivity index (χ1v) is 9.70. The second-order valence-corrected chi connectivity index (χ2v) is 7.33. The minimum atomic E-state index is -0.520. The molecule has 30 heavy (non-hydrogen) atoms. The topological polar surface area (TPSA) is 59.3 Å². The predicted molar refractivity (Wildman–Crippen MR) is 110 cm³/mol. The second kappa shape index (κ2) is 8.00. The summed E-state index contributed by atoms with van der Waals surface area (Å²) in [6, 6.07) is 17.2. The lowest BCUT2D eigenvalue weighted by atomic mass is 9.96. The Kier molecular flexibility index (Phi) is 5.24. The Morgan fingerprint density at radius 1 is 1.07 bits per heavy atom. The molecule has 0 radical (unpaired) electrons. The van der Waals surface area contributed by atoms with E-state index in [1.165, 1.54) is 12.1 Å². The normalized spacial score (nSPS) is 13.7. The van der Waals surface area contributed by atoms with E-state index in [1.54, 1.807) is 30.3 Å². The summed E-state index contributed by atoms with van der Waals surface area (Å²) in [5, 5.41) is 9.09. The zero-order valence-corrected chi connectivity index (χ0v) is 16.7. The summed E-state index contributed by atoms with van der Waals surface area (Å²) in [5.74, 6) is 0.924. The number of rotatable bonds is 4. The smallest absolute Gasteiger partial charge is 0.170 e. The molecule has 0 unspecified atom stereocenters. The van der Waals surface area contributed by atoms with Crippen molar-refractivity contribution in [3.8, 4) is 17.6 Å². The Balaban J connectivity index is 1.80. The fraction of sp³-hybridized carbons (Fsp3) is 0.200. The van der Waals surface area contributed by atoms with Crippen molar-refractivity contribution < 1.29 is 18.7 Å². The lowest BCUT2D eigenvalue weighted by molar-refractivity contribution is 0.0932. The Morgan fingerprint density at radius 3 is 2.33 bits per heavy atom. The highest BCUT2D eigenvalue weighted by Gasteiger charge is 2.26. The van der Waals surface area contributed by atoms with Crippen LogP contribution in [-0.2, 0) is 0 Å². The number of aryl methyl sites for hydroxylation is 1. The SMILES string of the molecule is Cc1cc2c(c(C)c1O[C@@H](c1ccc(F)cc1)c1ccc(C#N)cc1)OCCC2=O. The largest absolute Gasteiger partial charge is 0.492 e. The van der Waals surface area contributed by atoms with Crippen molar-refractivity contribution in [3.05, 3.63) is 93.8 Å². The molecule has 1 atom stereocenters. The third-order valence-corrected chi connectivity index (χ3v) is 5.27. The molecule has 4 nitrogen and oxygen atoms in total. The molecule has 0 aliphatic carbocycles. The first kappa shape index (κ1) is 19.7. The van der Waals surface area contributed by atoms with Gasteiger partial charge < -0.3 is 9.47 Å². The van der Waals surface area contributed by atoms with Crippen LogP contribution in [0.15, 0.2) is 54.6 Å². The maximum Gasteiger partial charge on any atom is 0.170 e. The van der Waals surface area contributed by atoms with Gasteiger partial charge in [0, 0.05) is 12.0 Å². The first-order valence-electron chi connectivity index (χ1n) is 9.70. The molecule has 150 valence electrons. The van der Waals surface area contributed by atoms with Crippen LogP contribution in [0.1, 0.15) is 50.7 Å². The Hall–Kier alpha value is -3.65. The van der Waals surface area contributed by atoms with Gasteiger partial charge in [0.05, 0.1) is 23.8 Å². The summed E-state index contributed by atoms with van der Waals surface area (Å²) >= 11 is 0. The molecule has 1 aliphatic rings. The van der Waals surface area contributed by atoms with Crippen LogP contribution in [0.25, 0.3) is 0 Å². The Bertz CT molecular complexity index is 1140. The molecule has 0 aromatic heterocycles. The Labute approximate surface area is 174 Å². The third-order valence-electron chi connectivity index (χ3n) is 5.27. The molecule has 0 spiro atoms. The summed E-state index contributed by atoms with van der Waals surface area (Å²) in [6.45, 7) is 4.12. The maximum atomic E-state index is 13.5. The number of halogens is 1. The van der Waals surface area contributed by atoms with Gasteiger partial charge in [-0.25, -0.2) is 4.39 Å². The van der Waals surface area contributed by atoms with E-state index in [1.807, 2.05) is 26.0 Å². The van der Waals surface area contributed by atoms with Crippen LogP contribution in [-0.4, -0.2) is 12.4 Å². The molecule has 0 N–H and O–H groups in total. The van der Waals surface area contributed by atoms with E-state index < -0.39 is 6.10 Å². The van der Waals surface area contributed by atoms with Crippen molar-refractivity contribution in [2.75, 3.05) is 6.61 Å². The van der Waals surface area contributed by atoms with Gasteiger partial charge in [0.15, 0.2) is 5.78 Å². The number of ether oxygens (including phenoxy) is 2. The van der Waals surface area contributed by atoms with Crippen LogP contribution in [0, 0.1) is 31.0 Å². The van der Waals surface area contributed by atoms with Gasteiger partial charge in [0.1, 0.15) is 23.4 Å². The Morgan fingerprint density at radius 2 is 1.70 bits per heavy atom.